The van der Waals surface area contributed by atoms with E-state index in [1.165, 1.54) is 37.7 Å². The molecule has 20 heavy (non-hydrogen) atoms. The molecule has 1 N–H and O–H groups in total. The Morgan fingerprint density at radius 1 is 1.35 bits per heavy atom. The second kappa shape index (κ2) is 6.07. The van der Waals surface area contributed by atoms with Gasteiger partial charge in [-0.05, 0) is 48.5 Å². The highest BCUT2D eigenvalue weighted by molar-refractivity contribution is 7.99. The summed E-state index contributed by atoms with van der Waals surface area (Å²) in [5.41, 5.74) is 1.67. The van der Waals surface area contributed by atoms with Gasteiger partial charge in [-0.3, -0.25) is 0 Å². The standard InChI is InChI=1S/C17H24FNS/c1-2-17(9-3-4-10-17)12-19-15-8-11-20-16-13(15)6-5-7-14(16)18/h5-7,15,19H,2-4,8-12H2,1H3. The van der Waals surface area contributed by atoms with E-state index in [0.29, 0.717) is 11.5 Å². The number of halogens is 1. The van der Waals surface area contributed by atoms with Crippen molar-refractivity contribution >= 4 is 11.8 Å². The maximum absolute atomic E-state index is 13.9. The van der Waals surface area contributed by atoms with Crippen LogP contribution in [0.2, 0.25) is 0 Å². The Hall–Kier alpha value is -0.540. The van der Waals surface area contributed by atoms with Crippen molar-refractivity contribution in [3.05, 3.63) is 29.6 Å². The summed E-state index contributed by atoms with van der Waals surface area (Å²) in [6.07, 6.45) is 7.84. The molecule has 1 aliphatic carbocycles. The first-order chi connectivity index (χ1) is 9.74. The Labute approximate surface area is 125 Å². The number of hydrogen-bond acceptors (Lipinski definition) is 2. The predicted molar refractivity (Wildman–Crippen MR) is 83.7 cm³/mol. The molecule has 1 aromatic carbocycles. The number of rotatable bonds is 4. The van der Waals surface area contributed by atoms with Crippen LogP contribution in [0.1, 0.15) is 57.1 Å². The van der Waals surface area contributed by atoms with Crippen LogP contribution in [0.25, 0.3) is 0 Å². The van der Waals surface area contributed by atoms with E-state index in [4.69, 9.17) is 0 Å². The van der Waals surface area contributed by atoms with Crippen molar-refractivity contribution in [3.8, 4) is 0 Å². The van der Waals surface area contributed by atoms with Gasteiger partial charge in [-0.25, -0.2) is 4.39 Å². The van der Waals surface area contributed by atoms with Gasteiger partial charge in [0.15, 0.2) is 0 Å². The van der Waals surface area contributed by atoms with Gasteiger partial charge in [-0.15, -0.1) is 11.8 Å². The minimum Gasteiger partial charge on any atom is -0.309 e. The van der Waals surface area contributed by atoms with Gasteiger partial charge in [0.25, 0.3) is 0 Å². The van der Waals surface area contributed by atoms with Crippen LogP contribution in [0.3, 0.4) is 0 Å². The fraction of sp³-hybridized carbons (Fsp3) is 0.647. The Balaban J connectivity index is 1.72. The quantitative estimate of drug-likeness (QED) is 0.845. The van der Waals surface area contributed by atoms with Crippen LogP contribution < -0.4 is 5.32 Å². The second-order valence-corrected chi connectivity index (χ2v) is 7.39. The minimum absolute atomic E-state index is 0.0509. The van der Waals surface area contributed by atoms with Crippen molar-refractivity contribution in [2.24, 2.45) is 5.41 Å². The Bertz CT molecular complexity index is 468. The van der Waals surface area contributed by atoms with Crippen LogP contribution in [-0.2, 0) is 0 Å². The molecule has 1 saturated carbocycles. The SMILES string of the molecule is CCC1(CNC2CCSc3c(F)cccc32)CCCC1. The van der Waals surface area contributed by atoms with E-state index in [2.05, 4.69) is 18.3 Å². The lowest BCUT2D eigenvalue weighted by Gasteiger charge is -2.33. The predicted octanol–water partition coefficient (Wildman–Crippen LogP) is 4.92. The molecule has 0 amide bonds. The van der Waals surface area contributed by atoms with Gasteiger partial charge in [-0.1, -0.05) is 31.9 Å². The fourth-order valence-corrected chi connectivity index (χ4v) is 4.86. The minimum atomic E-state index is -0.0509. The molecule has 0 radical (unpaired) electrons. The summed E-state index contributed by atoms with van der Waals surface area (Å²) in [7, 11) is 0. The normalized spacial score (nSPS) is 24.6. The number of hydrogen-bond donors (Lipinski definition) is 1. The Morgan fingerprint density at radius 2 is 2.15 bits per heavy atom. The molecule has 1 aliphatic heterocycles. The molecular weight excluding hydrogens is 269 g/mol. The highest BCUT2D eigenvalue weighted by atomic mass is 32.2. The van der Waals surface area contributed by atoms with Crippen LogP contribution in [0.15, 0.2) is 23.1 Å². The lowest BCUT2D eigenvalue weighted by Crippen LogP contribution is -2.35. The lowest BCUT2D eigenvalue weighted by molar-refractivity contribution is 0.253. The molecular formula is C17H24FNS. The zero-order valence-electron chi connectivity index (χ0n) is 12.3. The van der Waals surface area contributed by atoms with Crippen molar-refractivity contribution in [1.29, 1.82) is 0 Å². The molecule has 3 rings (SSSR count). The van der Waals surface area contributed by atoms with Crippen LogP contribution in [0.5, 0.6) is 0 Å². The zero-order valence-corrected chi connectivity index (χ0v) is 13.1. The molecule has 1 unspecified atom stereocenters. The monoisotopic (exact) mass is 293 g/mol. The van der Waals surface area contributed by atoms with Crippen LogP contribution in [-0.4, -0.2) is 12.3 Å². The van der Waals surface area contributed by atoms with Crippen molar-refractivity contribution in [1.82, 2.24) is 5.32 Å². The van der Waals surface area contributed by atoms with Gasteiger partial charge < -0.3 is 5.32 Å². The lowest BCUT2D eigenvalue weighted by atomic mass is 9.83. The molecule has 0 saturated heterocycles. The molecule has 3 heteroatoms. The Kier molecular flexibility index (Phi) is 4.37. The van der Waals surface area contributed by atoms with Crippen LogP contribution in [0.4, 0.5) is 4.39 Å². The first-order valence-electron chi connectivity index (χ1n) is 7.89. The molecule has 0 bridgehead atoms. The molecule has 110 valence electrons. The third-order valence-corrected chi connectivity index (χ3v) is 6.32. The van der Waals surface area contributed by atoms with Gasteiger partial charge in [-0.2, -0.15) is 0 Å². The Morgan fingerprint density at radius 3 is 2.90 bits per heavy atom. The van der Waals surface area contributed by atoms with E-state index < -0.39 is 0 Å². The average Bonchev–Trinajstić information content (AvgIpc) is 2.95. The highest BCUT2D eigenvalue weighted by Crippen LogP contribution is 2.42. The molecule has 0 spiro atoms. The first-order valence-corrected chi connectivity index (χ1v) is 8.87. The van der Waals surface area contributed by atoms with E-state index in [1.54, 1.807) is 17.8 Å². The van der Waals surface area contributed by atoms with E-state index in [-0.39, 0.29) is 5.82 Å². The van der Waals surface area contributed by atoms with Crippen molar-refractivity contribution in [3.63, 3.8) is 0 Å². The second-order valence-electron chi connectivity index (χ2n) is 6.29. The summed E-state index contributed by atoms with van der Waals surface area (Å²) < 4.78 is 13.9. The van der Waals surface area contributed by atoms with E-state index >= 15 is 0 Å². The zero-order chi connectivity index (χ0) is 14.0. The smallest absolute Gasteiger partial charge is 0.137 e. The molecule has 0 aromatic heterocycles. The largest absolute Gasteiger partial charge is 0.309 e. The van der Waals surface area contributed by atoms with Crippen LogP contribution in [0, 0.1) is 11.2 Å². The van der Waals surface area contributed by atoms with Gasteiger partial charge >= 0.3 is 0 Å². The molecule has 1 atom stereocenters. The van der Waals surface area contributed by atoms with E-state index in [9.17, 15) is 4.39 Å². The molecule has 2 aliphatic rings. The van der Waals surface area contributed by atoms with Crippen molar-refractivity contribution in [2.75, 3.05) is 12.3 Å². The summed E-state index contributed by atoms with van der Waals surface area (Å²) in [6.45, 7) is 3.41. The summed E-state index contributed by atoms with van der Waals surface area (Å²) in [6, 6.07) is 5.86. The third-order valence-electron chi connectivity index (χ3n) is 5.16. The number of thioether (sulfide) groups is 1. The summed E-state index contributed by atoms with van der Waals surface area (Å²) in [5, 5.41) is 3.76. The molecule has 1 nitrogen and oxygen atoms in total. The fourth-order valence-electron chi connectivity index (χ4n) is 3.72. The topological polar surface area (TPSA) is 12.0 Å². The van der Waals surface area contributed by atoms with Gasteiger partial charge in [0.05, 0.1) is 0 Å². The average molecular weight is 293 g/mol. The molecule has 1 fully saturated rings. The summed E-state index contributed by atoms with van der Waals surface area (Å²) >= 11 is 1.67. The van der Waals surface area contributed by atoms with Gasteiger partial charge in [0, 0.05) is 17.5 Å². The van der Waals surface area contributed by atoms with E-state index in [1.807, 2.05) is 6.07 Å². The molecule has 1 heterocycles. The number of fused-ring (bicyclic) bond motifs is 1. The molecule has 1 aromatic rings. The summed E-state index contributed by atoms with van der Waals surface area (Å²) in [4.78, 5) is 0.869. The van der Waals surface area contributed by atoms with Gasteiger partial charge in [0.1, 0.15) is 5.82 Å². The van der Waals surface area contributed by atoms with Gasteiger partial charge in [0.2, 0.25) is 0 Å². The van der Waals surface area contributed by atoms with Crippen molar-refractivity contribution in [2.45, 2.75) is 56.4 Å². The van der Waals surface area contributed by atoms with Crippen LogP contribution >= 0.6 is 11.8 Å². The summed E-state index contributed by atoms with van der Waals surface area (Å²) in [5.74, 6) is 0.968. The number of benzene rings is 1. The highest BCUT2D eigenvalue weighted by Gasteiger charge is 2.33. The third kappa shape index (κ3) is 2.75. The maximum atomic E-state index is 13.9. The van der Waals surface area contributed by atoms with E-state index in [0.717, 1.165) is 23.6 Å². The first kappa shape index (κ1) is 14.4. The van der Waals surface area contributed by atoms with Crippen molar-refractivity contribution < 1.29 is 4.39 Å². The maximum Gasteiger partial charge on any atom is 0.137 e. The number of nitrogens with one attached hydrogen (secondary N) is 1.